The summed E-state index contributed by atoms with van der Waals surface area (Å²) in [5, 5.41) is 3.02. The van der Waals surface area contributed by atoms with Crippen LogP contribution in [0.2, 0.25) is 0 Å². The third-order valence-corrected chi connectivity index (χ3v) is 5.91. The maximum atomic E-state index is 13.7. The topological polar surface area (TPSA) is 80.1 Å². The van der Waals surface area contributed by atoms with Gasteiger partial charge in [0.15, 0.2) is 10.8 Å². The van der Waals surface area contributed by atoms with Crippen LogP contribution >= 0.6 is 11.3 Å². The zero-order valence-corrected chi connectivity index (χ0v) is 16.5. The molecule has 7 nitrogen and oxygen atoms in total. The Hall–Kier alpha value is -2.88. The number of hydrogen-bond acceptors (Lipinski definition) is 6. The molecule has 1 aliphatic rings. The summed E-state index contributed by atoms with van der Waals surface area (Å²) in [6.45, 7) is 3.59. The summed E-state index contributed by atoms with van der Waals surface area (Å²) in [5.41, 5.74) is -0.323. The monoisotopic (exact) mass is 419 g/mol. The molecule has 1 atom stereocenters. The van der Waals surface area contributed by atoms with Crippen LogP contribution in [0, 0.1) is 17.6 Å². The first-order valence-corrected chi connectivity index (χ1v) is 10.1. The highest BCUT2D eigenvalue weighted by Gasteiger charge is 2.21. The van der Waals surface area contributed by atoms with Crippen LogP contribution < -0.4 is 15.8 Å². The molecule has 1 N–H and O–H groups in total. The number of rotatable bonds is 4. The minimum absolute atomic E-state index is 0.281. The molecule has 0 spiro atoms. The number of hydrogen-bond donors (Lipinski definition) is 1. The maximum Gasteiger partial charge on any atom is 0.273 e. The van der Waals surface area contributed by atoms with Crippen molar-refractivity contribution in [2.75, 3.05) is 23.3 Å². The van der Waals surface area contributed by atoms with Gasteiger partial charge in [0.05, 0.1) is 5.69 Å². The summed E-state index contributed by atoms with van der Waals surface area (Å²) in [5.74, 6) is -1.53. The number of benzene rings is 1. The molecule has 1 fully saturated rings. The molecule has 3 aromatic rings. The molecular formula is C19H19F2N5O2S. The molecule has 0 radical (unpaired) electrons. The average molecular weight is 419 g/mol. The molecule has 0 saturated carbocycles. The first-order valence-electron chi connectivity index (χ1n) is 9.26. The van der Waals surface area contributed by atoms with E-state index in [4.69, 9.17) is 0 Å². The molecule has 1 unspecified atom stereocenters. The van der Waals surface area contributed by atoms with E-state index < -0.39 is 23.1 Å². The van der Waals surface area contributed by atoms with Crippen molar-refractivity contribution in [1.82, 2.24) is 14.5 Å². The Morgan fingerprint density at radius 3 is 3.00 bits per heavy atom. The Morgan fingerprint density at radius 2 is 2.21 bits per heavy atom. The Kier molecular flexibility index (Phi) is 5.27. The van der Waals surface area contributed by atoms with E-state index in [2.05, 4.69) is 27.1 Å². The van der Waals surface area contributed by atoms with Gasteiger partial charge in [-0.15, -0.1) is 0 Å². The summed E-state index contributed by atoms with van der Waals surface area (Å²) in [4.78, 5) is 35.8. The van der Waals surface area contributed by atoms with Crippen LogP contribution in [0.3, 0.4) is 0 Å². The summed E-state index contributed by atoms with van der Waals surface area (Å²) in [6.07, 6.45) is 3.49. The van der Waals surface area contributed by atoms with E-state index in [9.17, 15) is 18.4 Å². The molecule has 29 heavy (non-hydrogen) atoms. The van der Waals surface area contributed by atoms with Gasteiger partial charge in [0.1, 0.15) is 29.2 Å². The van der Waals surface area contributed by atoms with Crippen molar-refractivity contribution in [1.29, 1.82) is 0 Å². The normalized spacial score (nSPS) is 16.9. The van der Waals surface area contributed by atoms with Crippen molar-refractivity contribution < 1.29 is 13.6 Å². The minimum atomic E-state index is -0.761. The molecule has 4 rings (SSSR count). The van der Waals surface area contributed by atoms with Gasteiger partial charge in [-0.05, 0) is 30.9 Å². The number of anilines is 2. The van der Waals surface area contributed by atoms with Crippen molar-refractivity contribution in [3.8, 4) is 0 Å². The zero-order valence-electron chi connectivity index (χ0n) is 15.7. The van der Waals surface area contributed by atoms with E-state index in [1.165, 1.54) is 24.1 Å². The molecule has 2 aromatic heterocycles. The van der Waals surface area contributed by atoms with Crippen LogP contribution in [0.5, 0.6) is 0 Å². The predicted molar refractivity (Wildman–Crippen MR) is 107 cm³/mol. The lowest BCUT2D eigenvalue weighted by Gasteiger charge is -2.30. The fourth-order valence-electron chi connectivity index (χ4n) is 3.38. The number of nitrogens with one attached hydrogen (secondary N) is 1. The lowest BCUT2D eigenvalue weighted by atomic mass is 10.0. The highest BCUT2D eigenvalue weighted by atomic mass is 32.1. The van der Waals surface area contributed by atoms with Crippen LogP contribution in [0.25, 0.3) is 10.3 Å². The van der Waals surface area contributed by atoms with Gasteiger partial charge in [-0.1, -0.05) is 18.3 Å². The summed E-state index contributed by atoms with van der Waals surface area (Å²) in [6, 6.07) is 2.76. The van der Waals surface area contributed by atoms with Crippen LogP contribution in [0.1, 0.15) is 19.8 Å². The standard InChI is InChI=1S/C19H19F2N5O2S/c1-11-3-2-6-25(8-11)19-24-17-16(29-19)18(28)26(10-22-17)9-15(27)23-14-7-12(20)4-5-13(14)21/h4-5,7,10-11H,2-3,6,8-9H2,1H3,(H,23,27). The highest BCUT2D eigenvalue weighted by molar-refractivity contribution is 7.22. The average Bonchev–Trinajstić information content (AvgIpc) is 3.12. The van der Waals surface area contributed by atoms with Gasteiger partial charge in [-0.25, -0.2) is 13.8 Å². The lowest BCUT2D eigenvalue weighted by molar-refractivity contribution is -0.116. The SMILES string of the molecule is CC1CCCN(c2nc3ncn(CC(=O)Nc4cc(F)ccc4F)c(=O)c3s2)C1. The molecule has 1 saturated heterocycles. The van der Waals surface area contributed by atoms with Gasteiger partial charge in [-0.2, -0.15) is 4.98 Å². The van der Waals surface area contributed by atoms with Crippen LogP contribution in [0.15, 0.2) is 29.3 Å². The first kappa shape index (κ1) is 19.4. The van der Waals surface area contributed by atoms with Gasteiger partial charge < -0.3 is 10.2 Å². The van der Waals surface area contributed by atoms with E-state index in [-0.39, 0.29) is 12.2 Å². The smallest absolute Gasteiger partial charge is 0.273 e. The lowest BCUT2D eigenvalue weighted by Crippen LogP contribution is -2.34. The van der Waals surface area contributed by atoms with Crippen molar-refractivity contribution in [2.24, 2.45) is 5.92 Å². The molecule has 1 aromatic carbocycles. The largest absolute Gasteiger partial charge is 0.348 e. The zero-order chi connectivity index (χ0) is 20.5. The van der Waals surface area contributed by atoms with Crippen molar-refractivity contribution in [2.45, 2.75) is 26.3 Å². The minimum Gasteiger partial charge on any atom is -0.348 e. The molecule has 3 heterocycles. The quantitative estimate of drug-likeness (QED) is 0.703. The van der Waals surface area contributed by atoms with Crippen molar-refractivity contribution >= 4 is 38.4 Å². The number of amides is 1. The summed E-state index contributed by atoms with van der Waals surface area (Å²) >= 11 is 1.26. The van der Waals surface area contributed by atoms with Crippen LogP contribution in [0.4, 0.5) is 19.6 Å². The van der Waals surface area contributed by atoms with Crippen molar-refractivity contribution in [3.05, 3.63) is 46.5 Å². The number of nitrogens with zero attached hydrogens (tertiary/aromatic N) is 4. The molecule has 1 aliphatic heterocycles. The van der Waals surface area contributed by atoms with Crippen LogP contribution in [-0.2, 0) is 11.3 Å². The molecule has 1 amide bonds. The van der Waals surface area contributed by atoms with E-state index in [1.54, 1.807) is 0 Å². The second-order valence-corrected chi connectivity index (χ2v) is 8.17. The van der Waals surface area contributed by atoms with E-state index in [0.29, 0.717) is 16.3 Å². The molecular weight excluding hydrogens is 400 g/mol. The fraction of sp³-hybridized carbons (Fsp3) is 0.368. The van der Waals surface area contributed by atoms with E-state index >= 15 is 0 Å². The van der Waals surface area contributed by atoms with Gasteiger partial charge in [-0.3, -0.25) is 14.2 Å². The number of thiazole rings is 1. The molecule has 152 valence electrons. The summed E-state index contributed by atoms with van der Waals surface area (Å²) in [7, 11) is 0. The number of piperidine rings is 1. The number of carbonyl (C=O) groups is 1. The number of halogens is 2. The Balaban J connectivity index is 1.55. The van der Waals surface area contributed by atoms with Crippen molar-refractivity contribution in [3.63, 3.8) is 0 Å². The number of fused-ring (bicyclic) bond motifs is 1. The van der Waals surface area contributed by atoms with Crippen LogP contribution in [-0.4, -0.2) is 33.5 Å². The first-order chi connectivity index (χ1) is 13.9. The van der Waals surface area contributed by atoms with Gasteiger partial charge >= 0.3 is 0 Å². The third-order valence-electron chi connectivity index (χ3n) is 4.82. The second-order valence-electron chi connectivity index (χ2n) is 7.19. The predicted octanol–water partition coefficient (Wildman–Crippen LogP) is 3.01. The van der Waals surface area contributed by atoms with E-state index in [0.717, 1.165) is 47.4 Å². The molecule has 0 aliphatic carbocycles. The van der Waals surface area contributed by atoms with E-state index in [1.807, 2.05) is 0 Å². The highest BCUT2D eigenvalue weighted by Crippen LogP contribution is 2.29. The number of aromatic nitrogens is 3. The Bertz CT molecular complexity index is 1130. The number of carbonyl (C=O) groups excluding carboxylic acids is 1. The summed E-state index contributed by atoms with van der Waals surface area (Å²) < 4.78 is 28.4. The Morgan fingerprint density at radius 1 is 1.38 bits per heavy atom. The van der Waals surface area contributed by atoms with Gasteiger partial charge in [0.25, 0.3) is 5.56 Å². The van der Waals surface area contributed by atoms with Gasteiger partial charge in [0, 0.05) is 19.2 Å². The molecule has 0 bridgehead atoms. The fourth-order valence-corrected chi connectivity index (χ4v) is 4.39. The van der Waals surface area contributed by atoms with Gasteiger partial charge in [0.2, 0.25) is 5.91 Å². The second kappa shape index (κ2) is 7.86. The molecule has 10 heteroatoms. The Labute approximate surface area is 169 Å². The maximum absolute atomic E-state index is 13.7. The third kappa shape index (κ3) is 4.12.